The number of halogens is 6. The molecular weight excluding hydrogens is 672 g/mol. The molecule has 258 valence electrons. The van der Waals surface area contributed by atoms with Gasteiger partial charge in [0.05, 0.1) is 27.4 Å². The molecule has 0 bridgehead atoms. The zero-order valence-corrected chi connectivity index (χ0v) is 27.3. The number of hydrogen-bond donors (Lipinski definition) is 1. The van der Waals surface area contributed by atoms with Crippen LogP contribution >= 0.6 is 11.3 Å². The maximum Gasteiger partial charge on any atom is 0.417 e. The number of nitrogen functional groups attached to an aromatic ring is 1. The molecule has 2 aromatic heterocycles. The predicted octanol–water partition coefficient (Wildman–Crippen LogP) is 6.27. The van der Waals surface area contributed by atoms with Crippen LogP contribution in [0.4, 0.5) is 37.2 Å². The van der Waals surface area contributed by atoms with Gasteiger partial charge in [0.15, 0.2) is 5.82 Å². The number of hydrogen-bond acceptors (Lipinski definition) is 9. The van der Waals surface area contributed by atoms with Crippen LogP contribution in [0.5, 0.6) is 6.01 Å². The first-order valence-electron chi connectivity index (χ1n) is 15.8. The molecule has 16 heteroatoms. The van der Waals surface area contributed by atoms with Gasteiger partial charge in [0.1, 0.15) is 41.0 Å². The van der Waals surface area contributed by atoms with E-state index in [2.05, 4.69) is 9.97 Å². The Labute approximate surface area is 280 Å². The summed E-state index contributed by atoms with van der Waals surface area (Å²) >= 11 is 0.674. The first kappa shape index (κ1) is 33.2. The Morgan fingerprint density at radius 3 is 2.71 bits per heavy atom. The number of nitrogens with two attached hydrogens (primary N) is 1. The van der Waals surface area contributed by atoms with Crippen molar-refractivity contribution in [2.24, 2.45) is 0 Å². The Balaban J connectivity index is 1.45. The van der Waals surface area contributed by atoms with Crippen molar-refractivity contribution >= 4 is 49.1 Å². The van der Waals surface area contributed by atoms with Crippen molar-refractivity contribution in [1.82, 2.24) is 19.8 Å². The van der Waals surface area contributed by atoms with Gasteiger partial charge < -0.3 is 20.3 Å². The molecule has 3 aliphatic heterocycles. The standard InChI is InChI=1S/C33H31F6N7O2S/c1-3-45-14-17(9-23(45)47)44(2)30-19-10-21(33(37,38)39)25(18-5-6-22(35)28-24(18)20(12-40)29(41)49-28)26(36)27(19)42-31(43-30)48-15-32-7-4-8-46(32)13-16(34)11-32/h5-6,10,16-17H,3-4,7-9,11,13-15,41H2,1-2H3/t16-,17+,32+/m1/s1. The predicted molar refractivity (Wildman–Crippen MR) is 172 cm³/mol. The van der Waals surface area contributed by atoms with Crippen LogP contribution in [-0.2, 0) is 11.0 Å². The monoisotopic (exact) mass is 703 g/mol. The second-order valence-corrected chi connectivity index (χ2v) is 13.9. The van der Waals surface area contributed by atoms with Crippen molar-refractivity contribution in [2.45, 2.75) is 56.5 Å². The highest BCUT2D eigenvalue weighted by Gasteiger charge is 2.49. The van der Waals surface area contributed by atoms with Gasteiger partial charge in [-0.3, -0.25) is 9.69 Å². The quantitative estimate of drug-likeness (QED) is 0.224. The molecule has 3 fully saturated rings. The van der Waals surface area contributed by atoms with E-state index >= 15 is 4.39 Å². The first-order valence-corrected chi connectivity index (χ1v) is 16.6. The van der Waals surface area contributed by atoms with Crippen LogP contribution in [0.1, 0.15) is 43.7 Å². The van der Waals surface area contributed by atoms with Gasteiger partial charge in [-0.05, 0) is 44.0 Å². The maximum atomic E-state index is 17.0. The summed E-state index contributed by atoms with van der Waals surface area (Å²) in [5, 5.41) is 9.13. The number of benzene rings is 2. The molecular formula is C33H31F6N7O2S. The van der Waals surface area contributed by atoms with Gasteiger partial charge in [0, 0.05) is 55.9 Å². The Kier molecular flexibility index (Phi) is 8.05. The molecule has 0 saturated carbocycles. The van der Waals surface area contributed by atoms with Gasteiger partial charge >= 0.3 is 12.2 Å². The average molecular weight is 704 g/mol. The molecule has 2 aromatic carbocycles. The normalized spacial score (nSPS) is 22.8. The number of likely N-dealkylation sites (N-methyl/N-ethyl adjacent to an activating group) is 2. The van der Waals surface area contributed by atoms with Crippen molar-refractivity contribution in [3.63, 3.8) is 0 Å². The molecule has 0 aliphatic carbocycles. The molecule has 0 unspecified atom stereocenters. The van der Waals surface area contributed by atoms with Gasteiger partial charge in [-0.1, -0.05) is 6.07 Å². The fourth-order valence-corrected chi connectivity index (χ4v) is 8.61. The lowest BCUT2D eigenvalue weighted by molar-refractivity contribution is -0.137. The number of aromatic nitrogens is 2. The summed E-state index contributed by atoms with van der Waals surface area (Å²) in [6.07, 6.45) is -4.41. The van der Waals surface area contributed by atoms with E-state index in [9.17, 15) is 32.0 Å². The van der Waals surface area contributed by atoms with Crippen molar-refractivity contribution in [3.8, 4) is 23.2 Å². The molecule has 7 rings (SSSR count). The average Bonchev–Trinajstić information content (AvgIpc) is 3.80. The summed E-state index contributed by atoms with van der Waals surface area (Å²) in [4.78, 5) is 26.5. The Morgan fingerprint density at radius 2 is 2.02 bits per heavy atom. The topological polar surface area (TPSA) is 112 Å². The second kappa shape index (κ2) is 11.9. The van der Waals surface area contributed by atoms with E-state index in [1.54, 1.807) is 18.9 Å². The van der Waals surface area contributed by atoms with Crippen LogP contribution in [0.3, 0.4) is 0 Å². The fraction of sp³-hybridized carbons (Fsp3) is 0.455. The number of carbonyl (C=O) groups is 1. The minimum Gasteiger partial charge on any atom is -0.461 e. The third-order valence-corrected chi connectivity index (χ3v) is 11.1. The highest BCUT2D eigenvalue weighted by atomic mass is 32.1. The van der Waals surface area contributed by atoms with Gasteiger partial charge in [0.25, 0.3) is 0 Å². The molecule has 5 heterocycles. The lowest BCUT2D eigenvalue weighted by atomic mass is 9.92. The molecule has 4 aromatic rings. The first-order chi connectivity index (χ1) is 23.3. The fourth-order valence-electron chi connectivity index (χ4n) is 7.66. The zero-order chi connectivity index (χ0) is 35.0. The summed E-state index contributed by atoms with van der Waals surface area (Å²) in [5.41, 5.74) is 1.80. The highest BCUT2D eigenvalue weighted by Crippen LogP contribution is 2.48. The molecule has 3 saturated heterocycles. The molecule has 2 N–H and O–H groups in total. The number of carbonyl (C=O) groups excluding carboxylic acids is 1. The number of anilines is 2. The third-order valence-electron chi connectivity index (χ3n) is 10.1. The van der Waals surface area contributed by atoms with Crippen LogP contribution in [0.25, 0.3) is 32.1 Å². The number of amides is 1. The minimum absolute atomic E-state index is 0.0268. The van der Waals surface area contributed by atoms with E-state index in [4.69, 9.17) is 10.5 Å². The van der Waals surface area contributed by atoms with E-state index in [0.717, 1.165) is 24.6 Å². The molecule has 0 radical (unpaired) electrons. The molecule has 3 atom stereocenters. The number of likely N-dealkylation sites (tertiary alicyclic amines) is 1. The number of rotatable bonds is 7. The van der Waals surface area contributed by atoms with Crippen molar-refractivity contribution in [2.75, 3.05) is 50.5 Å². The van der Waals surface area contributed by atoms with E-state index < -0.39 is 52.2 Å². The Morgan fingerprint density at radius 1 is 1.24 bits per heavy atom. The summed E-state index contributed by atoms with van der Waals surface area (Å²) in [6.45, 7) is 3.40. The van der Waals surface area contributed by atoms with Gasteiger partial charge in [-0.15, -0.1) is 11.3 Å². The lowest BCUT2D eigenvalue weighted by Crippen LogP contribution is -2.43. The van der Waals surface area contributed by atoms with Crippen molar-refractivity contribution < 1.29 is 35.9 Å². The van der Waals surface area contributed by atoms with Crippen molar-refractivity contribution in [3.05, 3.63) is 41.0 Å². The van der Waals surface area contributed by atoms with Gasteiger partial charge in [-0.25, -0.2) is 13.2 Å². The summed E-state index contributed by atoms with van der Waals surface area (Å²) < 4.78 is 97.0. The molecule has 9 nitrogen and oxygen atoms in total. The van der Waals surface area contributed by atoms with Gasteiger partial charge in [-0.2, -0.15) is 28.4 Å². The minimum atomic E-state index is -5.12. The number of fused-ring (bicyclic) bond motifs is 3. The van der Waals surface area contributed by atoms with E-state index in [1.807, 2.05) is 11.0 Å². The number of nitrogens with zero attached hydrogens (tertiary/aromatic N) is 6. The largest absolute Gasteiger partial charge is 0.461 e. The van der Waals surface area contributed by atoms with Crippen LogP contribution in [-0.4, -0.2) is 83.3 Å². The van der Waals surface area contributed by atoms with E-state index in [-0.39, 0.29) is 81.9 Å². The number of thiophene rings is 1. The number of nitriles is 1. The Hall–Kier alpha value is -4.36. The molecule has 0 spiro atoms. The smallest absolute Gasteiger partial charge is 0.417 e. The van der Waals surface area contributed by atoms with Crippen molar-refractivity contribution in [1.29, 1.82) is 5.26 Å². The van der Waals surface area contributed by atoms with Crippen LogP contribution in [0, 0.1) is 23.0 Å². The summed E-state index contributed by atoms with van der Waals surface area (Å²) in [6, 6.07) is 3.59. The maximum absolute atomic E-state index is 17.0. The van der Waals surface area contributed by atoms with E-state index in [1.165, 1.54) is 4.90 Å². The summed E-state index contributed by atoms with van der Waals surface area (Å²) in [5.74, 6) is -2.46. The van der Waals surface area contributed by atoms with Crippen LogP contribution < -0.4 is 15.4 Å². The lowest BCUT2D eigenvalue weighted by Gasteiger charge is -2.31. The second-order valence-electron chi connectivity index (χ2n) is 12.9. The number of alkyl halides is 4. The van der Waals surface area contributed by atoms with Gasteiger partial charge in [0.2, 0.25) is 5.91 Å². The molecule has 3 aliphatic rings. The molecule has 1 amide bonds. The van der Waals surface area contributed by atoms with Crippen LogP contribution in [0.2, 0.25) is 0 Å². The SMILES string of the molecule is CCN1C[C@@H](N(C)c2nc(OC[C@@]34CCCN3C[C@H](F)C4)nc3c(F)c(-c4ccc(F)c5sc(N)c(C#N)c45)c(C(F)(F)F)cc23)CC1=O. The van der Waals surface area contributed by atoms with E-state index in [0.29, 0.717) is 30.8 Å². The zero-order valence-electron chi connectivity index (χ0n) is 26.5. The molecule has 49 heavy (non-hydrogen) atoms. The third kappa shape index (κ3) is 5.38. The highest BCUT2D eigenvalue weighted by molar-refractivity contribution is 7.23. The Bertz CT molecular complexity index is 2050. The summed E-state index contributed by atoms with van der Waals surface area (Å²) in [7, 11) is 1.56. The van der Waals surface area contributed by atoms with Crippen LogP contribution in [0.15, 0.2) is 18.2 Å². The number of ether oxygens (including phenoxy) is 1.